The highest BCUT2D eigenvalue weighted by Crippen LogP contribution is 2.13. The van der Waals surface area contributed by atoms with Crippen LogP contribution in [0.25, 0.3) is 0 Å². The fourth-order valence-corrected chi connectivity index (χ4v) is 1.54. The Balaban J connectivity index is 2.78. The molecule has 0 aromatic heterocycles. The summed E-state index contributed by atoms with van der Waals surface area (Å²) in [6.45, 7) is 7.93. The Labute approximate surface area is 96.9 Å². The number of carbonyl (C=O) groups excluding carboxylic acids is 1. The van der Waals surface area contributed by atoms with Crippen molar-refractivity contribution in [3.8, 4) is 0 Å². The first-order valence-electron chi connectivity index (χ1n) is 5.60. The van der Waals surface area contributed by atoms with E-state index in [0.717, 1.165) is 18.4 Å². The molecule has 0 radical (unpaired) electrons. The molecule has 0 aliphatic rings. The predicted octanol–water partition coefficient (Wildman–Crippen LogP) is 3.04. The number of rotatable bonds is 5. The van der Waals surface area contributed by atoms with Crippen molar-refractivity contribution in [1.82, 2.24) is 0 Å². The Bertz CT molecular complexity index is 358. The van der Waals surface area contributed by atoms with E-state index in [-0.39, 0.29) is 5.97 Å². The van der Waals surface area contributed by atoms with Gasteiger partial charge in [0.15, 0.2) is 0 Å². The minimum absolute atomic E-state index is 0.325. The molecule has 0 heterocycles. The van der Waals surface area contributed by atoms with Crippen molar-refractivity contribution in [2.24, 2.45) is 0 Å². The second-order valence-corrected chi connectivity index (χ2v) is 3.68. The minimum atomic E-state index is -0.375. The molecule has 0 aliphatic carbocycles. The first kappa shape index (κ1) is 12.5. The van der Waals surface area contributed by atoms with Crippen LogP contribution in [0, 0.1) is 0 Å². The highest BCUT2D eigenvalue weighted by molar-refractivity contribution is 5.81. The Hall–Kier alpha value is -1.57. The number of carbonyl (C=O) groups is 1. The van der Waals surface area contributed by atoms with Crippen molar-refractivity contribution in [3.63, 3.8) is 0 Å². The minimum Gasteiger partial charge on any atom is -0.458 e. The normalized spacial score (nSPS) is 9.88. The number of aryl methyl sites for hydroxylation is 2. The molecule has 1 rings (SSSR count). The lowest BCUT2D eigenvalue weighted by molar-refractivity contribution is -0.138. The van der Waals surface area contributed by atoms with Crippen LogP contribution in [0.15, 0.2) is 30.9 Å². The van der Waals surface area contributed by atoms with E-state index in [0.29, 0.717) is 6.61 Å². The molecular formula is C14H18O2. The van der Waals surface area contributed by atoms with Crippen molar-refractivity contribution in [1.29, 1.82) is 0 Å². The Kier molecular flexibility index (Phi) is 4.77. The Morgan fingerprint density at radius 3 is 2.12 bits per heavy atom. The van der Waals surface area contributed by atoms with E-state index < -0.39 is 0 Å². The van der Waals surface area contributed by atoms with Crippen LogP contribution in [0.5, 0.6) is 0 Å². The molecule has 86 valence electrons. The molecule has 0 saturated heterocycles. The lowest BCUT2D eigenvalue weighted by Gasteiger charge is -2.07. The van der Waals surface area contributed by atoms with Gasteiger partial charge in [0.1, 0.15) is 6.61 Å². The second-order valence-electron chi connectivity index (χ2n) is 3.68. The molecule has 0 spiro atoms. The lowest BCUT2D eigenvalue weighted by Crippen LogP contribution is -2.01. The largest absolute Gasteiger partial charge is 0.458 e. The van der Waals surface area contributed by atoms with E-state index >= 15 is 0 Å². The fourth-order valence-electron chi connectivity index (χ4n) is 1.54. The van der Waals surface area contributed by atoms with Gasteiger partial charge in [-0.2, -0.15) is 0 Å². The topological polar surface area (TPSA) is 26.3 Å². The molecule has 16 heavy (non-hydrogen) atoms. The molecule has 0 saturated carbocycles. The maximum absolute atomic E-state index is 11.0. The first-order chi connectivity index (χ1) is 7.69. The van der Waals surface area contributed by atoms with Crippen molar-refractivity contribution < 1.29 is 9.53 Å². The number of ether oxygens (including phenoxy) is 1. The van der Waals surface area contributed by atoms with Crippen molar-refractivity contribution in [2.75, 3.05) is 0 Å². The van der Waals surface area contributed by atoms with E-state index in [2.05, 4.69) is 38.6 Å². The van der Waals surface area contributed by atoms with Gasteiger partial charge in [-0.3, -0.25) is 0 Å². The molecule has 0 aliphatic heterocycles. The molecule has 2 nitrogen and oxygen atoms in total. The average molecular weight is 218 g/mol. The summed E-state index contributed by atoms with van der Waals surface area (Å²) in [6, 6.07) is 6.35. The van der Waals surface area contributed by atoms with Gasteiger partial charge in [0.05, 0.1) is 0 Å². The quantitative estimate of drug-likeness (QED) is 0.561. The van der Waals surface area contributed by atoms with Gasteiger partial charge in [0.2, 0.25) is 0 Å². The van der Waals surface area contributed by atoms with Gasteiger partial charge in [-0.1, -0.05) is 38.6 Å². The smallest absolute Gasteiger partial charge is 0.330 e. The summed E-state index contributed by atoms with van der Waals surface area (Å²) in [5.74, 6) is -0.375. The Morgan fingerprint density at radius 1 is 1.19 bits per heavy atom. The van der Waals surface area contributed by atoms with E-state index in [1.807, 2.05) is 0 Å². The van der Waals surface area contributed by atoms with Crippen molar-refractivity contribution in [2.45, 2.75) is 33.3 Å². The first-order valence-corrected chi connectivity index (χ1v) is 5.60. The zero-order chi connectivity index (χ0) is 12.0. The van der Waals surface area contributed by atoms with E-state index in [9.17, 15) is 4.79 Å². The molecule has 0 fully saturated rings. The third kappa shape index (κ3) is 3.54. The van der Waals surface area contributed by atoms with Crippen molar-refractivity contribution >= 4 is 5.97 Å². The van der Waals surface area contributed by atoms with Crippen LogP contribution >= 0.6 is 0 Å². The number of benzene rings is 1. The molecular weight excluding hydrogens is 200 g/mol. The van der Waals surface area contributed by atoms with Crippen LogP contribution in [0.4, 0.5) is 0 Å². The molecule has 0 unspecified atom stereocenters. The molecule has 0 bridgehead atoms. The van der Waals surface area contributed by atoms with Crippen molar-refractivity contribution in [3.05, 3.63) is 47.5 Å². The summed E-state index contributed by atoms with van der Waals surface area (Å²) >= 11 is 0. The zero-order valence-corrected chi connectivity index (χ0v) is 9.95. The van der Waals surface area contributed by atoms with E-state index in [4.69, 9.17) is 4.74 Å². The summed E-state index contributed by atoms with van der Waals surface area (Å²) in [6.07, 6.45) is 3.18. The average Bonchev–Trinajstić information content (AvgIpc) is 2.35. The van der Waals surface area contributed by atoms with Gasteiger partial charge in [-0.25, -0.2) is 4.79 Å². The van der Waals surface area contributed by atoms with Crippen LogP contribution < -0.4 is 0 Å². The summed E-state index contributed by atoms with van der Waals surface area (Å²) in [4.78, 5) is 11.0. The van der Waals surface area contributed by atoms with Crippen LogP contribution in [-0.4, -0.2) is 5.97 Å². The van der Waals surface area contributed by atoms with Gasteiger partial charge in [0, 0.05) is 6.08 Å². The summed E-state index contributed by atoms with van der Waals surface area (Å²) in [5, 5.41) is 0. The summed E-state index contributed by atoms with van der Waals surface area (Å²) < 4.78 is 5.02. The van der Waals surface area contributed by atoms with Gasteiger partial charge >= 0.3 is 5.97 Å². The van der Waals surface area contributed by atoms with Gasteiger partial charge < -0.3 is 4.74 Å². The monoisotopic (exact) mass is 218 g/mol. The standard InChI is InChI=1S/C14H18O2/c1-4-11-7-12(5-2)9-13(8-11)10-16-14(15)6-3/h6-9H,3-5,10H2,1-2H3. The molecule has 0 N–H and O–H groups in total. The number of esters is 1. The summed E-state index contributed by atoms with van der Waals surface area (Å²) in [7, 11) is 0. The highest BCUT2D eigenvalue weighted by atomic mass is 16.5. The SMILES string of the molecule is C=CC(=O)OCc1cc(CC)cc(CC)c1. The van der Waals surface area contributed by atoms with E-state index in [1.54, 1.807) is 0 Å². The lowest BCUT2D eigenvalue weighted by atomic mass is 10.0. The third-order valence-corrected chi connectivity index (χ3v) is 2.48. The molecule has 2 heteroatoms. The van der Waals surface area contributed by atoms with Crippen LogP contribution in [0.3, 0.4) is 0 Å². The van der Waals surface area contributed by atoms with Gasteiger partial charge in [-0.15, -0.1) is 0 Å². The summed E-state index contributed by atoms with van der Waals surface area (Å²) in [5.41, 5.74) is 3.61. The maximum atomic E-state index is 11.0. The van der Waals surface area contributed by atoms with Crippen LogP contribution in [-0.2, 0) is 29.0 Å². The number of hydrogen-bond acceptors (Lipinski definition) is 2. The fraction of sp³-hybridized carbons (Fsp3) is 0.357. The van der Waals surface area contributed by atoms with Gasteiger partial charge in [-0.05, 0) is 29.5 Å². The highest BCUT2D eigenvalue weighted by Gasteiger charge is 2.01. The molecule has 1 aromatic rings. The van der Waals surface area contributed by atoms with Crippen LogP contribution in [0.1, 0.15) is 30.5 Å². The maximum Gasteiger partial charge on any atom is 0.330 e. The molecule has 0 amide bonds. The second kappa shape index (κ2) is 6.11. The van der Waals surface area contributed by atoms with Crippen LogP contribution in [0.2, 0.25) is 0 Å². The van der Waals surface area contributed by atoms with E-state index in [1.165, 1.54) is 17.2 Å². The predicted molar refractivity (Wildman–Crippen MR) is 65.2 cm³/mol. The zero-order valence-electron chi connectivity index (χ0n) is 9.95. The molecule has 1 aromatic carbocycles. The molecule has 0 atom stereocenters. The van der Waals surface area contributed by atoms with Gasteiger partial charge in [0.25, 0.3) is 0 Å². The number of hydrogen-bond donors (Lipinski definition) is 0. The third-order valence-electron chi connectivity index (χ3n) is 2.48. The Morgan fingerprint density at radius 2 is 1.69 bits per heavy atom.